The molecule has 2 rings (SSSR count). The van der Waals surface area contributed by atoms with Crippen LogP contribution in [0.3, 0.4) is 0 Å². The maximum atomic E-state index is 11.9. The second kappa shape index (κ2) is 7.72. The Labute approximate surface area is 130 Å². The fourth-order valence-corrected chi connectivity index (χ4v) is 2.61. The largest absolute Gasteiger partial charge is 0.353 e. The highest BCUT2D eigenvalue weighted by Gasteiger charge is 2.17. The van der Waals surface area contributed by atoms with Gasteiger partial charge in [0, 0.05) is 13.1 Å². The van der Waals surface area contributed by atoms with Crippen molar-refractivity contribution < 1.29 is 9.59 Å². The molecule has 0 spiro atoms. The molecule has 1 N–H and O–H groups in total. The summed E-state index contributed by atoms with van der Waals surface area (Å²) in [5.41, 5.74) is 2.28. The number of rotatable bonds is 7. The number of hydrogen-bond donors (Lipinski definition) is 1. The van der Waals surface area contributed by atoms with Crippen molar-refractivity contribution in [1.29, 1.82) is 0 Å². The SMILES string of the molecule is C=CC(=O)N(CC)CC(=O)NCCn1nnc2c1CCCC2. The Bertz CT molecular complexity index is 552. The summed E-state index contributed by atoms with van der Waals surface area (Å²) >= 11 is 0. The molecule has 7 heteroatoms. The second-order valence-corrected chi connectivity index (χ2v) is 5.32. The predicted octanol–water partition coefficient (Wildman–Crippen LogP) is 0.308. The Kier molecular flexibility index (Phi) is 5.68. The fraction of sp³-hybridized carbons (Fsp3) is 0.600. The van der Waals surface area contributed by atoms with Gasteiger partial charge in [-0.1, -0.05) is 11.8 Å². The summed E-state index contributed by atoms with van der Waals surface area (Å²) in [5.74, 6) is -0.408. The van der Waals surface area contributed by atoms with Crippen molar-refractivity contribution in [3.8, 4) is 0 Å². The molecule has 1 aliphatic carbocycles. The van der Waals surface area contributed by atoms with Crippen molar-refractivity contribution in [3.63, 3.8) is 0 Å². The number of carbonyl (C=O) groups is 2. The molecule has 1 aliphatic rings. The van der Waals surface area contributed by atoms with Crippen LogP contribution < -0.4 is 5.32 Å². The van der Waals surface area contributed by atoms with Crippen LogP contribution in [0.2, 0.25) is 0 Å². The molecule has 0 fully saturated rings. The molecule has 0 aromatic carbocycles. The van der Waals surface area contributed by atoms with E-state index in [0.29, 0.717) is 19.6 Å². The highest BCUT2D eigenvalue weighted by atomic mass is 16.2. The standard InChI is InChI=1S/C15H23N5O2/c1-3-15(22)19(4-2)11-14(21)16-9-10-20-13-8-6-5-7-12(13)17-18-20/h3H,1,4-11H2,2H3,(H,16,21). The first-order chi connectivity index (χ1) is 10.7. The number of likely N-dealkylation sites (N-methyl/N-ethyl adjacent to an activating group) is 1. The van der Waals surface area contributed by atoms with Gasteiger partial charge < -0.3 is 10.2 Å². The van der Waals surface area contributed by atoms with Crippen molar-refractivity contribution in [3.05, 3.63) is 24.0 Å². The van der Waals surface area contributed by atoms with Crippen LogP contribution in [0.4, 0.5) is 0 Å². The molecule has 2 amide bonds. The zero-order valence-corrected chi connectivity index (χ0v) is 13.0. The molecule has 22 heavy (non-hydrogen) atoms. The normalized spacial score (nSPS) is 13.3. The van der Waals surface area contributed by atoms with E-state index in [4.69, 9.17) is 0 Å². The Balaban J connectivity index is 1.78. The topological polar surface area (TPSA) is 80.1 Å². The minimum absolute atomic E-state index is 0.0524. The monoisotopic (exact) mass is 305 g/mol. The zero-order valence-electron chi connectivity index (χ0n) is 13.0. The summed E-state index contributed by atoms with van der Waals surface area (Å²) in [5, 5.41) is 11.2. The number of amides is 2. The first kappa shape index (κ1) is 16.2. The minimum Gasteiger partial charge on any atom is -0.353 e. The van der Waals surface area contributed by atoms with E-state index in [1.165, 1.54) is 29.5 Å². The number of fused-ring (bicyclic) bond motifs is 1. The molecule has 7 nitrogen and oxygen atoms in total. The van der Waals surface area contributed by atoms with Crippen LogP contribution in [0.5, 0.6) is 0 Å². The molecule has 1 aromatic rings. The average molecular weight is 305 g/mol. The van der Waals surface area contributed by atoms with E-state index in [1.807, 2.05) is 11.6 Å². The van der Waals surface area contributed by atoms with Gasteiger partial charge in [-0.25, -0.2) is 4.68 Å². The summed E-state index contributed by atoms with van der Waals surface area (Å²) in [7, 11) is 0. The molecule has 1 heterocycles. The average Bonchev–Trinajstić information content (AvgIpc) is 2.95. The number of carbonyl (C=O) groups excluding carboxylic acids is 2. The number of aryl methyl sites for hydroxylation is 1. The molecule has 0 atom stereocenters. The third-order valence-corrected chi connectivity index (χ3v) is 3.84. The van der Waals surface area contributed by atoms with Gasteiger partial charge in [0.15, 0.2) is 0 Å². The van der Waals surface area contributed by atoms with Gasteiger partial charge in [-0.3, -0.25) is 9.59 Å². The maximum Gasteiger partial charge on any atom is 0.246 e. The van der Waals surface area contributed by atoms with Crippen molar-refractivity contribution >= 4 is 11.8 Å². The lowest BCUT2D eigenvalue weighted by molar-refractivity contribution is -0.132. The molecular formula is C15H23N5O2. The molecule has 0 aliphatic heterocycles. The number of nitrogens with zero attached hydrogens (tertiary/aromatic N) is 4. The first-order valence-electron chi connectivity index (χ1n) is 7.75. The summed E-state index contributed by atoms with van der Waals surface area (Å²) in [4.78, 5) is 24.8. The Morgan fingerprint density at radius 3 is 2.91 bits per heavy atom. The fourth-order valence-electron chi connectivity index (χ4n) is 2.61. The van der Waals surface area contributed by atoms with Crippen LogP contribution in [0, 0.1) is 0 Å². The van der Waals surface area contributed by atoms with Gasteiger partial charge in [-0.2, -0.15) is 0 Å². The smallest absolute Gasteiger partial charge is 0.246 e. The van der Waals surface area contributed by atoms with Crippen LogP contribution in [0.1, 0.15) is 31.2 Å². The molecule has 0 unspecified atom stereocenters. The van der Waals surface area contributed by atoms with E-state index in [1.54, 1.807) is 0 Å². The van der Waals surface area contributed by atoms with Gasteiger partial charge >= 0.3 is 0 Å². The molecule has 0 saturated carbocycles. The minimum atomic E-state index is -0.233. The number of nitrogens with one attached hydrogen (secondary N) is 1. The third kappa shape index (κ3) is 3.93. The third-order valence-electron chi connectivity index (χ3n) is 3.84. The van der Waals surface area contributed by atoms with Gasteiger partial charge in [0.05, 0.1) is 24.5 Å². The molecule has 0 saturated heterocycles. The van der Waals surface area contributed by atoms with E-state index >= 15 is 0 Å². The van der Waals surface area contributed by atoms with Gasteiger partial charge in [-0.05, 0) is 38.7 Å². The molecule has 0 radical (unpaired) electrons. The van der Waals surface area contributed by atoms with Crippen molar-refractivity contribution in [2.75, 3.05) is 19.6 Å². The Morgan fingerprint density at radius 2 is 2.18 bits per heavy atom. The summed E-state index contributed by atoms with van der Waals surface area (Å²) in [6.07, 6.45) is 5.57. The Morgan fingerprint density at radius 1 is 1.41 bits per heavy atom. The second-order valence-electron chi connectivity index (χ2n) is 5.32. The first-order valence-corrected chi connectivity index (χ1v) is 7.75. The molecule has 120 valence electrons. The van der Waals surface area contributed by atoms with E-state index in [2.05, 4.69) is 22.2 Å². The Hall–Kier alpha value is -2.18. The van der Waals surface area contributed by atoms with E-state index < -0.39 is 0 Å². The highest BCUT2D eigenvalue weighted by Crippen LogP contribution is 2.18. The maximum absolute atomic E-state index is 11.9. The number of hydrogen-bond acceptors (Lipinski definition) is 4. The molecule has 0 bridgehead atoms. The molecular weight excluding hydrogens is 282 g/mol. The molecule has 1 aromatic heterocycles. The van der Waals surface area contributed by atoms with Crippen molar-refractivity contribution in [2.24, 2.45) is 0 Å². The van der Waals surface area contributed by atoms with Crippen LogP contribution in [-0.2, 0) is 29.0 Å². The van der Waals surface area contributed by atoms with Crippen LogP contribution in [0.25, 0.3) is 0 Å². The summed E-state index contributed by atoms with van der Waals surface area (Å²) in [6.45, 7) is 6.88. The van der Waals surface area contributed by atoms with Crippen LogP contribution in [-0.4, -0.2) is 51.3 Å². The van der Waals surface area contributed by atoms with E-state index in [9.17, 15) is 9.59 Å². The lowest BCUT2D eigenvalue weighted by atomic mass is 10.0. The van der Waals surface area contributed by atoms with Crippen LogP contribution in [0.15, 0.2) is 12.7 Å². The van der Waals surface area contributed by atoms with Gasteiger partial charge in [0.25, 0.3) is 0 Å². The van der Waals surface area contributed by atoms with E-state index in [0.717, 1.165) is 18.5 Å². The van der Waals surface area contributed by atoms with Crippen LogP contribution >= 0.6 is 0 Å². The van der Waals surface area contributed by atoms with Gasteiger partial charge in [0.1, 0.15) is 0 Å². The quantitative estimate of drug-likeness (QED) is 0.735. The predicted molar refractivity (Wildman–Crippen MR) is 82.1 cm³/mol. The van der Waals surface area contributed by atoms with Gasteiger partial charge in [-0.15, -0.1) is 5.10 Å². The lowest BCUT2D eigenvalue weighted by Crippen LogP contribution is -2.40. The van der Waals surface area contributed by atoms with Crippen molar-refractivity contribution in [1.82, 2.24) is 25.2 Å². The summed E-state index contributed by atoms with van der Waals surface area (Å²) in [6, 6.07) is 0. The highest BCUT2D eigenvalue weighted by molar-refractivity contribution is 5.90. The van der Waals surface area contributed by atoms with E-state index in [-0.39, 0.29) is 18.4 Å². The lowest BCUT2D eigenvalue weighted by Gasteiger charge is -2.18. The van der Waals surface area contributed by atoms with Gasteiger partial charge in [0.2, 0.25) is 11.8 Å². The van der Waals surface area contributed by atoms with Crippen molar-refractivity contribution in [2.45, 2.75) is 39.2 Å². The summed E-state index contributed by atoms with van der Waals surface area (Å²) < 4.78 is 1.88. The number of aromatic nitrogens is 3. The zero-order chi connectivity index (χ0) is 15.9.